The van der Waals surface area contributed by atoms with E-state index in [1.165, 1.54) is 4.90 Å². The van der Waals surface area contributed by atoms with E-state index in [1.54, 1.807) is 79.9 Å². The molecule has 0 bridgehead atoms. The number of para-hydroxylation sites is 2. The van der Waals surface area contributed by atoms with Crippen LogP contribution in [0.3, 0.4) is 0 Å². The summed E-state index contributed by atoms with van der Waals surface area (Å²) in [5, 5.41) is 0. The summed E-state index contributed by atoms with van der Waals surface area (Å²) in [5.74, 6) is -0.485. The van der Waals surface area contributed by atoms with Crippen molar-refractivity contribution in [3.8, 4) is 5.75 Å². The maximum absolute atomic E-state index is 13.4. The second-order valence-corrected chi connectivity index (χ2v) is 6.86. The zero-order chi connectivity index (χ0) is 21.1. The zero-order valence-electron chi connectivity index (χ0n) is 16.4. The number of ether oxygens (including phenoxy) is 1. The molecule has 3 aromatic rings. The number of carbonyl (C=O) groups excluding carboxylic acids is 3. The lowest BCUT2D eigenvalue weighted by atomic mass is 10.1. The summed E-state index contributed by atoms with van der Waals surface area (Å²) >= 11 is 0. The molecule has 1 saturated heterocycles. The molecule has 1 aliphatic heterocycles. The van der Waals surface area contributed by atoms with Gasteiger partial charge in [-0.1, -0.05) is 36.4 Å². The van der Waals surface area contributed by atoms with Crippen molar-refractivity contribution in [1.82, 2.24) is 0 Å². The average Bonchev–Trinajstić information content (AvgIpc) is 3.08. The number of hydrogen-bond acceptors (Lipinski definition) is 4. The first-order valence-corrected chi connectivity index (χ1v) is 9.54. The van der Waals surface area contributed by atoms with Crippen molar-refractivity contribution in [1.29, 1.82) is 0 Å². The van der Waals surface area contributed by atoms with Crippen molar-refractivity contribution in [3.05, 3.63) is 90.5 Å². The zero-order valence-corrected chi connectivity index (χ0v) is 16.4. The molecule has 0 spiro atoms. The predicted octanol–water partition coefficient (Wildman–Crippen LogP) is 3.67. The number of benzene rings is 3. The van der Waals surface area contributed by atoms with Gasteiger partial charge >= 0.3 is 0 Å². The summed E-state index contributed by atoms with van der Waals surface area (Å²) < 4.78 is 5.16. The van der Waals surface area contributed by atoms with Crippen LogP contribution in [0.5, 0.6) is 5.75 Å². The monoisotopic (exact) mass is 400 g/mol. The molecule has 4 rings (SSSR count). The van der Waals surface area contributed by atoms with Gasteiger partial charge in [0.1, 0.15) is 11.8 Å². The third kappa shape index (κ3) is 3.55. The molecule has 0 aliphatic carbocycles. The molecule has 150 valence electrons. The van der Waals surface area contributed by atoms with E-state index < -0.39 is 11.9 Å². The Balaban J connectivity index is 1.72. The van der Waals surface area contributed by atoms with E-state index in [0.717, 1.165) is 4.90 Å². The fraction of sp³-hybridized carbons (Fsp3) is 0.125. The normalized spacial score (nSPS) is 15.9. The molecule has 6 nitrogen and oxygen atoms in total. The fourth-order valence-electron chi connectivity index (χ4n) is 3.57. The van der Waals surface area contributed by atoms with Crippen molar-refractivity contribution in [2.24, 2.45) is 0 Å². The lowest BCUT2D eigenvalue weighted by Gasteiger charge is -2.28. The first kappa shape index (κ1) is 19.4. The molecule has 0 radical (unpaired) electrons. The van der Waals surface area contributed by atoms with Gasteiger partial charge in [0.25, 0.3) is 11.8 Å². The summed E-state index contributed by atoms with van der Waals surface area (Å²) in [6, 6.07) is 23.4. The summed E-state index contributed by atoms with van der Waals surface area (Å²) in [4.78, 5) is 42.0. The Morgan fingerprint density at radius 1 is 0.900 bits per heavy atom. The van der Waals surface area contributed by atoms with Gasteiger partial charge in [-0.25, -0.2) is 4.90 Å². The third-order valence-electron chi connectivity index (χ3n) is 5.04. The van der Waals surface area contributed by atoms with Gasteiger partial charge in [-0.05, 0) is 48.5 Å². The maximum Gasteiger partial charge on any atom is 0.259 e. The number of hydrogen-bond donors (Lipinski definition) is 0. The van der Waals surface area contributed by atoms with Gasteiger partial charge in [0.2, 0.25) is 5.91 Å². The Morgan fingerprint density at radius 2 is 1.50 bits per heavy atom. The van der Waals surface area contributed by atoms with E-state index in [2.05, 4.69) is 0 Å². The van der Waals surface area contributed by atoms with Crippen LogP contribution in [0.4, 0.5) is 11.4 Å². The molecule has 1 unspecified atom stereocenters. The number of nitrogens with zero attached hydrogens (tertiary/aromatic N) is 2. The first-order chi connectivity index (χ1) is 14.6. The van der Waals surface area contributed by atoms with Crippen molar-refractivity contribution in [3.63, 3.8) is 0 Å². The predicted molar refractivity (Wildman–Crippen MR) is 114 cm³/mol. The van der Waals surface area contributed by atoms with Gasteiger partial charge in [0.15, 0.2) is 0 Å². The lowest BCUT2D eigenvalue weighted by Crippen LogP contribution is -2.45. The van der Waals surface area contributed by atoms with Crippen LogP contribution in [0.15, 0.2) is 84.9 Å². The Kier molecular flexibility index (Phi) is 5.30. The molecule has 0 aromatic heterocycles. The standard InChI is InChI=1S/C24H20N2O4/c1-30-20-14-12-17(13-15-20)23(28)25(18-8-4-2-5-9-18)21-16-22(27)26(24(21)29)19-10-6-3-7-11-19/h2-15,21H,16H2,1H3. The highest BCUT2D eigenvalue weighted by molar-refractivity contribution is 6.25. The molecule has 1 aliphatic rings. The highest BCUT2D eigenvalue weighted by atomic mass is 16.5. The van der Waals surface area contributed by atoms with Gasteiger partial charge < -0.3 is 4.74 Å². The van der Waals surface area contributed by atoms with Crippen LogP contribution in [-0.4, -0.2) is 30.9 Å². The van der Waals surface area contributed by atoms with Crippen LogP contribution in [-0.2, 0) is 9.59 Å². The highest BCUT2D eigenvalue weighted by Gasteiger charge is 2.45. The maximum atomic E-state index is 13.4. The second-order valence-electron chi connectivity index (χ2n) is 6.86. The van der Waals surface area contributed by atoms with E-state index in [9.17, 15) is 14.4 Å². The molecule has 3 aromatic carbocycles. The van der Waals surface area contributed by atoms with E-state index >= 15 is 0 Å². The largest absolute Gasteiger partial charge is 0.497 e. The molecule has 3 amide bonds. The number of carbonyl (C=O) groups is 3. The molecular formula is C24H20N2O4. The minimum Gasteiger partial charge on any atom is -0.497 e. The molecular weight excluding hydrogens is 380 g/mol. The highest BCUT2D eigenvalue weighted by Crippen LogP contribution is 2.30. The van der Waals surface area contributed by atoms with Crippen molar-refractivity contribution >= 4 is 29.1 Å². The van der Waals surface area contributed by atoms with E-state index in [4.69, 9.17) is 4.74 Å². The van der Waals surface area contributed by atoms with Crippen LogP contribution >= 0.6 is 0 Å². The molecule has 1 fully saturated rings. The second kappa shape index (κ2) is 8.21. The molecule has 1 atom stereocenters. The van der Waals surface area contributed by atoms with Crippen LogP contribution in [0, 0.1) is 0 Å². The van der Waals surface area contributed by atoms with Gasteiger partial charge in [-0.2, -0.15) is 0 Å². The van der Waals surface area contributed by atoms with Crippen LogP contribution in [0.1, 0.15) is 16.8 Å². The van der Waals surface area contributed by atoms with Gasteiger partial charge in [-0.3, -0.25) is 19.3 Å². The Morgan fingerprint density at radius 3 is 2.10 bits per heavy atom. The SMILES string of the molecule is COc1ccc(C(=O)N(c2ccccc2)C2CC(=O)N(c3ccccc3)C2=O)cc1. The smallest absolute Gasteiger partial charge is 0.259 e. The Labute approximate surface area is 174 Å². The topological polar surface area (TPSA) is 66.9 Å². The molecule has 0 N–H and O–H groups in total. The van der Waals surface area contributed by atoms with E-state index in [1.807, 2.05) is 12.1 Å². The summed E-state index contributed by atoms with van der Waals surface area (Å²) in [5.41, 5.74) is 1.46. The quantitative estimate of drug-likeness (QED) is 0.613. The summed E-state index contributed by atoms with van der Waals surface area (Å²) in [6.45, 7) is 0. The number of rotatable bonds is 5. The van der Waals surface area contributed by atoms with Crippen molar-refractivity contribution < 1.29 is 19.1 Å². The van der Waals surface area contributed by atoms with Crippen LogP contribution < -0.4 is 14.5 Å². The van der Waals surface area contributed by atoms with Crippen molar-refractivity contribution in [2.75, 3.05) is 16.9 Å². The van der Waals surface area contributed by atoms with Crippen LogP contribution in [0.25, 0.3) is 0 Å². The lowest BCUT2D eigenvalue weighted by molar-refractivity contribution is -0.121. The number of amides is 3. The van der Waals surface area contributed by atoms with E-state index in [0.29, 0.717) is 22.7 Å². The summed E-state index contributed by atoms with van der Waals surface area (Å²) in [7, 11) is 1.55. The number of methoxy groups -OCH3 is 1. The summed E-state index contributed by atoms with van der Waals surface area (Å²) in [6.07, 6.45) is -0.0789. The molecule has 6 heteroatoms. The van der Waals surface area contributed by atoms with Gasteiger partial charge in [-0.15, -0.1) is 0 Å². The average molecular weight is 400 g/mol. The minimum atomic E-state index is -0.922. The number of imide groups is 1. The van der Waals surface area contributed by atoms with E-state index in [-0.39, 0.29) is 18.2 Å². The fourth-order valence-corrected chi connectivity index (χ4v) is 3.57. The first-order valence-electron chi connectivity index (χ1n) is 9.54. The molecule has 1 heterocycles. The van der Waals surface area contributed by atoms with Crippen LogP contribution in [0.2, 0.25) is 0 Å². The van der Waals surface area contributed by atoms with Gasteiger partial charge in [0.05, 0.1) is 19.2 Å². The van der Waals surface area contributed by atoms with Crippen molar-refractivity contribution in [2.45, 2.75) is 12.5 Å². The minimum absolute atomic E-state index is 0.0789. The van der Waals surface area contributed by atoms with Gasteiger partial charge in [0, 0.05) is 11.3 Å². The number of anilines is 2. The molecule has 30 heavy (non-hydrogen) atoms. The molecule has 0 saturated carbocycles. The third-order valence-corrected chi connectivity index (χ3v) is 5.04. The Hall–Kier alpha value is -3.93. The Bertz CT molecular complexity index is 1070.